The van der Waals surface area contributed by atoms with Crippen molar-refractivity contribution in [3.63, 3.8) is 0 Å². The first kappa shape index (κ1) is 16.3. The van der Waals surface area contributed by atoms with Crippen LogP contribution in [-0.4, -0.2) is 26.1 Å². The van der Waals surface area contributed by atoms with E-state index in [1.54, 1.807) is 13.1 Å². The van der Waals surface area contributed by atoms with Crippen molar-refractivity contribution < 1.29 is 9.90 Å². The SMILES string of the molecule is CC1=CCCC=C1c1ccc(-c2cc(C(=O)O)c3nn(C)nc3c2)cc1. The number of nitrogens with zero attached hydrogens (tertiary/aromatic N) is 3. The first-order valence-electron chi connectivity index (χ1n) is 8.59. The summed E-state index contributed by atoms with van der Waals surface area (Å²) in [7, 11) is 1.69. The summed E-state index contributed by atoms with van der Waals surface area (Å²) in [6, 6.07) is 11.8. The van der Waals surface area contributed by atoms with E-state index in [4.69, 9.17) is 0 Å². The fraction of sp³-hybridized carbons (Fsp3) is 0.190. The Labute approximate surface area is 151 Å². The molecule has 5 heteroatoms. The van der Waals surface area contributed by atoms with E-state index in [-0.39, 0.29) is 5.56 Å². The zero-order chi connectivity index (χ0) is 18.3. The lowest BCUT2D eigenvalue weighted by atomic mass is 9.91. The molecule has 0 aliphatic heterocycles. The Morgan fingerprint density at radius 2 is 1.69 bits per heavy atom. The van der Waals surface area contributed by atoms with Gasteiger partial charge in [-0.1, -0.05) is 36.4 Å². The van der Waals surface area contributed by atoms with Gasteiger partial charge in [0, 0.05) is 7.05 Å². The summed E-state index contributed by atoms with van der Waals surface area (Å²) in [5.74, 6) is -0.998. The zero-order valence-corrected chi connectivity index (χ0v) is 14.7. The summed E-state index contributed by atoms with van der Waals surface area (Å²) >= 11 is 0. The van der Waals surface area contributed by atoms with Gasteiger partial charge in [-0.05, 0) is 59.7 Å². The van der Waals surface area contributed by atoms with Crippen LogP contribution < -0.4 is 0 Å². The van der Waals surface area contributed by atoms with Crippen molar-refractivity contribution in [3.8, 4) is 11.1 Å². The van der Waals surface area contributed by atoms with Gasteiger partial charge in [-0.25, -0.2) is 4.79 Å². The fourth-order valence-electron chi connectivity index (χ4n) is 3.44. The van der Waals surface area contributed by atoms with Crippen LogP contribution in [0.25, 0.3) is 27.7 Å². The Bertz CT molecular complexity index is 1070. The molecule has 1 heterocycles. The Kier molecular flexibility index (Phi) is 3.92. The first-order valence-corrected chi connectivity index (χ1v) is 8.59. The highest BCUT2D eigenvalue weighted by Gasteiger charge is 2.16. The minimum absolute atomic E-state index is 0.170. The number of hydrogen-bond acceptors (Lipinski definition) is 3. The average molecular weight is 345 g/mol. The quantitative estimate of drug-likeness (QED) is 0.761. The monoisotopic (exact) mass is 345 g/mol. The van der Waals surface area contributed by atoms with Crippen LogP contribution in [0.4, 0.5) is 0 Å². The van der Waals surface area contributed by atoms with Crippen molar-refractivity contribution in [3.05, 3.63) is 65.3 Å². The van der Waals surface area contributed by atoms with Crippen molar-refractivity contribution in [2.75, 3.05) is 0 Å². The van der Waals surface area contributed by atoms with E-state index < -0.39 is 5.97 Å². The molecule has 3 aromatic rings. The number of aromatic nitrogens is 3. The third-order valence-electron chi connectivity index (χ3n) is 4.74. The molecule has 5 nitrogen and oxygen atoms in total. The number of carboxylic acid groups (broad SMARTS) is 1. The number of hydrogen-bond donors (Lipinski definition) is 1. The van der Waals surface area contributed by atoms with Crippen LogP contribution in [0, 0.1) is 0 Å². The number of rotatable bonds is 3. The van der Waals surface area contributed by atoms with Gasteiger partial charge in [0.1, 0.15) is 11.0 Å². The number of benzene rings is 2. The van der Waals surface area contributed by atoms with Gasteiger partial charge in [0.05, 0.1) is 5.56 Å². The molecule has 130 valence electrons. The number of allylic oxidation sites excluding steroid dienone is 4. The molecule has 1 aromatic heterocycles. The maximum atomic E-state index is 11.6. The van der Waals surface area contributed by atoms with Gasteiger partial charge in [-0.3, -0.25) is 0 Å². The van der Waals surface area contributed by atoms with Crippen molar-refractivity contribution in [2.45, 2.75) is 19.8 Å². The molecule has 2 aromatic carbocycles. The highest BCUT2D eigenvalue weighted by Crippen LogP contribution is 2.31. The van der Waals surface area contributed by atoms with E-state index in [1.807, 2.05) is 18.2 Å². The lowest BCUT2D eigenvalue weighted by Gasteiger charge is -2.13. The lowest BCUT2D eigenvalue weighted by Crippen LogP contribution is -1.99. The molecule has 4 rings (SSSR count). The summed E-state index contributed by atoms with van der Waals surface area (Å²) in [6.07, 6.45) is 6.71. The molecule has 0 amide bonds. The number of carboxylic acids is 1. The zero-order valence-electron chi connectivity index (χ0n) is 14.7. The van der Waals surface area contributed by atoms with Gasteiger partial charge in [0.2, 0.25) is 0 Å². The summed E-state index contributed by atoms with van der Waals surface area (Å²) in [6.45, 7) is 2.14. The molecule has 1 aliphatic carbocycles. The highest BCUT2D eigenvalue weighted by molar-refractivity contribution is 6.02. The number of carbonyl (C=O) groups is 1. The molecule has 1 aliphatic rings. The number of aryl methyl sites for hydroxylation is 1. The predicted molar refractivity (Wildman–Crippen MR) is 102 cm³/mol. The highest BCUT2D eigenvalue weighted by atomic mass is 16.4. The maximum Gasteiger partial charge on any atom is 0.338 e. The molecule has 0 fully saturated rings. The molecular weight excluding hydrogens is 326 g/mol. The minimum Gasteiger partial charge on any atom is -0.478 e. The van der Waals surface area contributed by atoms with Crippen LogP contribution in [0.5, 0.6) is 0 Å². The van der Waals surface area contributed by atoms with E-state index in [0.717, 1.165) is 24.0 Å². The second-order valence-corrected chi connectivity index (χ2v) is 6.55. The van der Waals surface area contributed by atoms with Crippen LogP contribution in [0.2, 0.25) is 0 Å². The molecule has 0 spiro atoms. The molecule has 1 N–H and O–H groups in total. The van der Waals surface area contributed by atoms with Crippen LogP contribution in [-0.2, 0) is 7.05 Å². The molecule has 0 bridgehead atoms. The second-order valence-electron chi connectivity index (χ2n) is 6.55. The van der Waals surface area contributed by atoms with Crippen molar-refractivity contribution >= 4 is 22.6 Å². The van der Waals surface area contributed by atoms with Gasteiger partial charge in [-0.15, -0.1) is 0 Å². The summed E-state index contributed by atoms with van der Waals surface area (Å²) in [5.41, 5.74) is 6.71. The lowest BCUT2D eigenvalue weighted by molar-refractivity contribution is 0.0699. The Morgan fingerprint density at radius 3 is 2.38 bits per heavy atom. The molecule has 0 saturated heterocycles. The molecule has 0 atom stereocenters. The Balaban J connectivity index is 1.77. The smallest absolute Gasteiger partial charge is 0.338 e. The third-order valence-corrected chi connectivity index (χ3v) is 4.74. The molecule has 0 saturated carbocycles. The van der Waals surface area contributed by atoms with Gasteiger partial charge >= 0.3 is 5.97 Å². The number of fused-ring (bicyclic) bond motifs is 1. The molecule has 26 heavy (non-hydrogen) atoms. The van der Waals surface area contributed by atoms with Crippen molar-refractivity contribution in [2.24, 2.45) is 7.05 Å². The van der Waals surface area contributed by atoms with E-state index in [9.17, 15) is 9.90 Å². The first-order chi connectivity index (χ1) is 12.5. The summed E-state index contributed by atoms with van der Waals surface area (Å²) in [5, 5.41) is 17.9. The Morgan fingerprint density at radius 1 is 1.00 bits per heavy atom. The van der Waals surface area contributed by atoms with E-state index in [0.29, 0.717) is 11.0 Å². The standard InChI is InChI=1S/C21H19N3O2/c1-13-5-3-4-6-17(13)15-9-7-14(8-10-15)16-11-18(21(25)26)20-19(12-16)22-24(2)23-20/h5-12H,3-4H2,1-2H3,(H,25,26). The van der Waals surface area contributed by atoms with Crippen molar-refractivity contribution in [1.29, 1.82) is 0 Å². The summed E-state index contributed by atoms with van der Waals surface area (Å²) in [4.78, 5) is 13.0. The average Bonchev–Trinajstić information content (AvgIpc) is 3.01. The second kappa shape index (κ2) is 6.26. The normalized spacial score (nSPS) is 14.2. The molecule has 0 radical (unpaired) electrons. The van der Waals surface area contributed by atoms with Gasteiger partial charge < -0.3 is 5.11 Å². The van der Waals surface area contributed by atoms with Gasteiger partial charge in [0.25, 0.3) is 0 Å². The Hall–Kier alpha value is -3.21. The van der Waals surface area contributed by atoms with Crippen LogP contribution >= 0.6 is 0 Å². The largest absolute Gasteiger partial charge is 0.478 e. The van der Waals surface area contributed by atoms with Crippen LogP contribution in [0.3, 0.4) is 0 Å². The predicted octanol–water partition coefficient (Wildman–Crippen LogP) is 4.46. The van der Waals surface area contributed by atoms with E-state index in [2.05, 4.69) is 41.4 Å². The van der Waals surface area contributed by atoms with Crippen molar-refractivity contribution in [1.82, 2.24) is 15.0 Å². The van der Waals surface area contributed by atoms with Crippen LogP contribution in [0.15, 0.2) is 54.1 Å². The minimum atomic E-state index is -0.998. The van der Waals surface area contributed by atoms with E-state index in [1.165, 1.54) is 21.5 Å². The third kappa shape index (κ3) is 2.81. The summed E-state index contributed by atoms with van der Waals surface area (Å²) < 4.78 is 0. The molecule has 0 unspecified atom stereocenters. The number of aromatic carboxylic acids is 1. The topological polar surface area (TPSA) is 68.0 Å². The van der Waals surface area contributed by atoms with Crippen LogP contribution in [0.1, 0.15) is 35.7 Å². The van der Waals surface area contributed by atoms with E-state index >= 15 is 0 Å². The maximum absolute atomic E-state index is 11.6. The van der Waals surface area contributed by atoms with Gasteiger partial charge in [-0.2, -0.15) is 15.0 Å². The van der Waals surface area contributed by atoms with Gasteiger partial charge in [0.15, 0.2) is 0 Å². The fourth-order valence-corrected chi connectivity index (χ4v) is 3.44. The molecular formula is C21H19N3O2.